The van der Waals surface area contributed by atoms with E-state index < -0.39 is 0 Å². The number of rotatable bonds is 6. The predicted octanol–water partition coefficient (Wildman–Crippen LogP) is 4.50. The summed E-state index contributed by atoms with van der Waals surface area (Å²) in [5.41, 5.74) is 9.54. The van der Waals surface area contributed by atoms with Gasteiger partial charge in [0.2, 0.25) is 0 Å². The normalized spacial score (nSPS) is 14.0. The number of halogens is 1. The Labute approximate surface area is 159 Å². The number of aryl methyl sites for hydroxylation is 1. The van der Waals surface area contributed by atoms with E-state index in [0.29, 0.717) is 23.3 Å². The first-order valence-corrected chi connectivity index (χ1v) is 9.16. The van der Waals surface area contributed by atoms with E-state index in [1.54, 1.807) is 6.20 Å². The van der Waals surface area contributed by atoms with Crippen LogP contribution in [-0.2, 0) is 0 Å². The van der Waals surface area contributed by atoms with E-state index in [1.807, 2.05) is 48.7 Å². The van der Waals surface area contributed by atoms with Gasteiger partial charge in [-0.15, -0.1) is 0 Å². The van der Waals surface area contributed by atoms with Crippen molar-refractivity contribution in [3.8, 4) is 17.0 Å². The highest BCUT2D eigenvalue weighted by Gasteiger charge is 2.21. The van der Waals surface area contributed by atoms with Crippen LogP contribution in [0.1, 0.15) is 32.9 Å². The average Bonchev–Trinajstić information content (AvgIpc) is 2.92. The maximum Gasteiger partial charge on any atom is 0.155 e. The van der Waals surface area contributed by atoms with Crippen LogP contribution >= 0.6 is 11.6 Å². The highest BCUT2D eigenvalue weighted by atomic mass is 35.5. The van der Waals surface area contributed by atoms with Gasteiger partial charge in [-0.05, 0) is 50.5 Å². The molecule has 0 saturated carbocycles. The lowest BCUT2D eigenvalue weighted by molar-refractivity contribution is 0.207. The molecule has 2 aromatic heterocycles. The van der Waals surface area contributed by atoms with Crippen LogP contribution in [0.2, 0.25) is 5.02 Å². The van der Waals surface area contributed by atoms with Crippen molar-refractivity contribution in [3.05, 3.63) is 47.2 Å². The molecule has 0 amide bonds. The summed E-state index contributed by atoms with van der Waals surface area (Å²) >= 11 is 6.46. The zero-order valence-electron chi connectivity index (χ0n) is 15.7. The third-order valence-electron chi connectivity index (χ3n) is 4.14. The van der Waals surface area contributed by atoms with Crippen LogP contribution in [0.15, 0.2) is 36.5 Å². The lowest BCUT2D eigenvalue weighted by atomic mass is 9.93. The maximum atomic E-state index is 6.46. The minimum Gasteiger partial charge on any atom is -0.490 e. The van der Waals surface area contributed by atoms with Gasteiger partial charge in [-0.3, -0.25) is 0 Å². The third-order valence-corrected chi connectivity index (χ3v) is 4.44. The van der Waals surface area contributed by atoms with Crippen LogP contribution in [0.3, 0.4) is 0 Å². The molecule has 0 radical (unpaired) electrons. The molecular weight excluding hydrogens is 348 g/mol. The van der Waals surface area contributed by atoms with Crippen molar-refractivity contribution in [1.82, 2.24) is 14.6 Å². The fraction of sp³-hybridized carbons (Fsp3) is 0.400. The Bertz CT molecular complexity index is 917. The van der Waals surface area contributed by atoms with Crippen molar-refractivity contribution in [2.75, 3.05) is 6.61 Å². The molecule has 0 saturated heterocycles. The molecule has 1 atom stereocenters. The summed E-state index contributed by atoms with van der Waals surface area (Å²) in [6, 6.07) is 9.61. The summed E-state index contributed by atoms with van der Waals surface area (Å²) in [5, 5.41) is 5.05. The van der Waals surface area contributed by atoms with Crippen molar-refractivity contribution in [1.29, 1.82) is 0 Å². The molecule has 0 fully saturated rings. The van der Waals surface area contributed by atoms with E-state index in [4.69, 9.17) is 22.1 Å². The van der Waals surface area contributed by atoms with Gasteiger partial charge in [-0.25, -0.2) is 9.50 Å². The molecule has 0 unspecified atom stereocenters. The molecule has 0 aliphatic carbocycles. The molecule has 138 valence electrons. The molecule has 0 aliphatic heterocycles. The number of fused-ring (bicyclic) bond motifs is 1. The van der Waals surface area contributed by atoms with Crippen LogP contribution < -0.4 is 10.5 Å². The minimum atomic E-state index is -0.389. The van der Waals surface area contributed by atoms with Crippen LogP contribution in [-0.4, -0.2) is 26.7 Å². The SMILES string of the molecule is Cc1cc2nccc(-c3ccc(OC[C@@](C)(N)CC(C)C)c(Cl)c3)n2n1. The van der Waals surface area contributed by atoms with Crippen LogP contribution in [0, 0.1) is 12.8 Å². The fourth-order valence-electron chi connectivity index (χ4n) is 3.24. The number of benzene rings is 1. The predicted molar refractivity (Wildman–Crippen MR) is 106 cm³/mol. The lowest BCUT2D eigenvalue weighted by Gasteiger charge is -2.26. The molecule has 26 heavy (non-hydrogen) atoms. The molecule has 2 heterocycles. The molecule has 5 nitrogen and oxygen atoms in total. The Morgan fingerprint density at radius 2 is 2.04 bits per heavy atom. The van der Waals surface area contributed by atoms with Crippen molar-refractivity contribution in [3.63, 3.8) is 0 Å². The minimum absolute atomic E-state index is 0.389. The average molecular weight is 373 g/mol. The lowest BCUT2D eigenvalue weighted by Crippen LogP contribution is -2.43. The smallest absolute Gasteiger partial charge is 0.155 e. The highest BCUT2D eigenvalue weighted by Crippen LogP contribution is 2.31. The van der Waals surface area contributed by atoms with E-state index in [0.717, 1.165) is 29.0 Å². The zero-order chi connectivity index (χ0) is 18.9. The van der Waals surface area contributed by atoms with Gasteiger partial charge in [0.15, 0.2) is 5.65 Å². The van der Waals surface area contributed by atoms with Crippen molar-refractivity contribution >= 4 is 17.2 Å². The number of ether oxygens (including phenoxy) is 1. The number of aromatic nitrogens is 3. The van der Waals surface area contributed by atoms with Crippen molar-refractivity contribution < 1.29 is 4.74 Å². The van der Waals surface area contributed by atoms with Gasteiger partial charge in [0, 0.05) is 23.4 Å². The van der Waals surface area contributed by atoms with Gasteiger partial charge in [-0.1, -0.05) is 25.4 Å². The zero-order valence-corrected chi connectivity index (χ0v) is 16.4. The Kier molecular flexibility index (Phi) is 5.21. The molecule has 2 N–H and O–H groups in total. The summed E-state index contributed by atoms with van der Waals surface area (Å²) < 4.78 is 7.71. The van der Waals surface area contributed by atoms with Gasteiger partial charge >= 0.3 is 0 Å². The first kappa shape index (κ1) is 18.7. The second-order valence-electron chi connectivity index (χ2n) is 7.57. The molecular formula is C20H25ClN4O. The molecule has 0 bridgehead atoms. The van der Waals surface area contributed by atoms with Crippen LogP contribution in [0.5, 0.6) is 5.75 Å². The molecule has 1 aromatic carbocycles. The summed E-state index contributed by atoms with van der Waals surface area (Å²) in [5.74, 6) is 1.15. The van der Waals surface area contributed by atoms with Crippen molar-refractivity contribution in [2.45, 2.75) is 39.7 Å². The topological polar surface area (TPSA) is 65.4 Å². The van der Waals surface area contributed by atoms with Gasteiger partial charge in [0.05, 0.1) is 16.4 Å². The van der Waals surface area contributed by atoms with Gasteiger partial charge in [0.25, 0.3) is 0 Å². The van der Waals surface area contributed by atoms with Crippen LogP contribution in [0.4, 0.5) is 0 Å². The van der Waals surface area contributed by atoms with Gasteiger partial charge < -0.3 is 10.5 Å². The molecule has 0 aliphatic rings. The molecule has 0 spiro atoms. The van der Waals surface area contributed by atoms with E-state index in [1.165, 1.54) is 0 Å². The summed E-state index contributed by atoms with van der Waals surface area (Å²) in [7, 11) is 0. The Hall–Kier alpha value is -2.11. The third kappa shape index (κ3) is 4.17. The fourth-order valence-corrected chi connectivity index (χ4v) is 3.47. The Morgan fingerprint density at radius 1 is 1.27 bits per heavy atom. The van der Waals surface area contributed by atoms with E-state index in [9.17, 15) is 0 Å². The standard InChI is InChI=1S/C20H25ClN4O/c1-13(2)11-20(4,22)12-26-18-6-5-15(10-16(18)21)17-7-8-23-19-9-14(3)24-25(17)19/h5-10,13H,11-12,22H2,1-4H3/t20-/m0/s1. The molecule has 6 heteroatoms. The second-order valence-corrected chi connectivity index (χ2v) is 7.98. The number of nitrogens with zero attached hydrogens (tertiary/aromatic N) is 3. The quantitative estimate of drug-likeness (QED) is 0.691. The first-order chi connectivity index (χ1) is 12.2. The molecule has 3 rings (SSSR count). The number of hydrogen-bond donors (Lipinski definition) is 1. The monoisotopic (exact) mass is 372 g/mol. The Morgan fingerprint density at radius 3 is 2.73 bits per heavy atom. The summed E-state index contributed by atoms with van der Waals surface area (Å²) in [6.45, 7) is 8.67. The van der Waals surface area contributed by atoms with E-state index in [2.05, 4.69) is 23.9 Å². The maximum absolute atomic E-state index is 6.46. The second kappa shape index (κ2) is 7.25. The van der Waals surface area contributed by atoms with Gasteiger partial charge in [0.1, 0.15) is 12.4 Å². The van der Waals surface area contributed by atoms with E-state index in [-0.39, 0.29) is 5.54 Å². The summed E-state index contributed by atoms with van der Waals surface area (Å²) in [6.07, 6.45) is 2.66. The largest absolute Gasteiger partial charge is 0.490 e. The van der Waals surface area contributed by atoms with Crippen molar-refractivity contribution in [2.24, 2.45) is 11.7 Å². The van der Waals surface area contributed by atoms with E-state index >= 15 is 0 Å². The Balaban J connectivity index is 1.83. The van der Waals surface area contributed by atoms with Gasteiger partial charge in [-0.2, -0.15) is 5.10 Å². The highest BCUT2D eigenvalue weighted by molar-refractivity contribution is 6.32. The van der Waals surface area contributed by atoms with Crippen LogP contribution in [0.25, 0.3) is 16.9 Å². The summed E-state index contributed by atoms with van der Waals surface area (Å²) in [4.78, 5) is 4.34. The molecule has 3 aromatic rings. The first-order valence-electron chi connectivity index (χ1n) is 8.78. The number of nitrogens with two attached hydrogens (primary N) is 1. The number of hydrogen-bond acceptors (Lipinski definition) is 4.